The molecule has 0 fully saturated rings. The third-order valence-corrected chi connectivity index (χ3v) is 3.79. The third-order valence-electron chi connectivity index (χ3n) is 3.79. The fourth-order valence-electron chi connectivity index (χ4n) is 2.46. The van der Waals surface area contributed by atoms with Gasteiger partial charge in [-0.1, -0.05) is 29.4 Å². The average molecular weight is 355 g/mol. The summed E-state index contributed by atoms with van der Waals surface area (Å²) in [5, 5.41) is 3.65. The molecule has 0 unspecified atom stereocenters. The highest BCUT2D eigenvalue weighted by Crippen LogP contribution is 2.31. The molecule has 0 aromatic heterocycles. The topological polar surface area (TPSA) is 57.1 Å². The summed E-state index contributed by atoms with van der Waals surface area (Å²) in [6.45, 7) is 4.09. The van der Waals surface area contributed by atoms with Gasteiger partial charge < -0.3 is 14.3 Å². The fraction of sp³-hybridized carbons (Fsp3) is 0.200. The number of nitrogens with zero attached hydrogens (tertiary/aromatic N) is 1. The van der Waals surface area contributed by atoms with E-state index in [2.05, 4.69) is 9.99 Å². The molecule has 2 aromatic carbocycles. The molecule has 0 atom stereocenters. The Morgan fingerprint density at radius 2 is 1.96 bits per heavy atom. The Morgan fingerprint density at radius 3 is 2.65 bits per heavy atom. The van der Waals surface area contributed by atoms with Gasteiger partial charge in [-0.15, -0.1) is 0 Å². The normalized spacial score (nSPS) is 15.0. The maximum atomic E-state index is 13.7. The molecule has 6 heteroatoms. The number of benzene rings is 2. The SMILES string of the molecule is CCOc1cc(C=C2C(=O)ON=C2C)ccc1OCc1ccccc1F. The van der Waals surface area contributed by atoms with Crippen molar-refractivity contribution in [2.45, 2.75) is 20.5 Å². The van der Waals surface area contributed by atoms with Gasteiger partial charge in [-0.25, -0.2) is 9.18 Å². The molecule has 0 spiro atoms. The van der Waals surface area contributed by atoms with Crippen molar-refractivity contribution in [3.8, 4) is 11.5 Å². The lowest BCUT2D eigenvalue weighted by atomic mass is 10.1. The predicted octanol–water partition coefficient (Wildman–Crippen LogP) is 4.12. The number of hydrogen-bond donors (Lipinski definition) is 0. The second kappa shape index (κ2) is 7.82. The summed E-state index contributed by atoms with van der Waals surface area (Å²) in [7, 11) is 0. The van der Waals surface area contributed by atoms with Gasteiger partial charge in [-0.2, -0.15) is 0 Å². The minimum absolute atomic E-state index is 0.0886. The van der Waals surface area contributed by atoms with Crippen LogP contribution in [0.1, 0.15) is 25.0 Å². The molecule has 1 heterocycles. The average Bonchev–Trinajstić information content (AvgIpc) is 2.94. The molecule has 134 valence electrons. The van der Waals surface area contributed by atoms with Crippen molar-refractivity contribution in [2.75, 3.05) is 6.61 Å². The Kier molecular flexibility index (Phi) is 5.31. The smallest absolute Gasteiger partial charge is 0.367 e. The van der Waals surface area contributed by atoms with Gasteiger partial charge in [-0.05, 0) is 43.7 Å². The van der Waals surface area contributed by atoms with Gasteiger partial charge in [0, 0.05) is 5.56 Å². The molecule has 26 heavy (non-hydrogen) atoms. The van der Waals surface area contributed by atoms with Gasteiger partial charge in [-0.3, -0.25) is 0 Å². The number of carbonyl (C=O) groups is 1. The number of oxime groups is 1. The van der Waals surface area contributed by atoms with E-state index in [-0.39, 0.29) is 12.4 Å². The highest BCUT2D eigenvalue weighted by molar-refractivity contribution is 6.24. The van der Waals surface area contributed by atoms with Gasteiger partial charge >= 0.3 is 5.97 Å². The molecule has 0 aliphatic carbocycles. The van der Waals surface area contributed by atoms with Crippen LogP contribution in [0.3, 0.4) is 0 Å². The summed E-state index contributed by atoms with van der Waals surface area (Å²) in [5.41, 5.74) is 2.12. The zero-order chi connectivity index (χ0) is 18.5. The Balaban J connectivity index is 1.83. The first kappa shape index (κ1) is 17.7. The van der Waals surface area contributed by atoms with Crippen molar-refractivity contribution >= 4 is 17.8 Å². The first-order chi connectivity index (χ1) is 12.6. The molecule has 0 N–H and O–H groups in total. The van der Waals surface area contributed by atoms with Crippen LogP contribution in [0.2, 0.25) is 0 Å². The molecule has 1 aliphatic heterocycles. The lowest BCUT2D eigenvalue weighted by Crippen LogP contribution is -2.03. The van der Waals surface area contributed by atoms with Crippen LogP contribution in [0.25, 0.3) is 6.08 Å². The van der Waals surface area contributed by atoms with Crippen LogP contribution >= 0.6 is 0 Å². The molecular weight excluding hydrogens is 337 g/mol. The summed E-state index contributed by atoms with van der Waals surface area (Å²) in [6.07, 6.45) is 1.68. The second-order valence-corrected chi connectivity index (χ2v) is 5.63. The Hall–Kier alpha value is -3.15. The summed E-state index contributed by atoms with van der Waals surface area (Å²) in [5.74, 6) is 0.206. The molecule has 5 nitrogen and oxygen atoms in total. The molecule has 0 bridgehead atoms. The Morgan fingerprint density at radius 1 is 1.15 bits per heavy atom. The van der Waals surface area contributed by atoms with E-state index in [1.54, 1.807) is 49.4 Å². The van der Waals surface area contributed by atoms with Crippen molar-refractivity contribution in [1.29, 1.82) is 0 Å². The van der Waals surface area contributed by atoms with Crippen LogP contribution in [0.5, 0.6) is 11.5 Å². The van der Waals surface area contributed by atoms with Crippen LogP contribution in [-0.4, -0.2) is 18.3 Å². The monoisotopic (exact) mass is 355 g/mol. The van der Waals surface area contributed by atoms with Crippen LogP contribution in [0.15, 0.2) is 53.2 Å². The maximum Gasteiger partial charge on any atom is 0.367 e. The van der Waals surface area contributed by atoms with E-state index >= 15 is 0 Å². The van der Waals surface area contributed by atoms with Crippen LogP contribution in [0, 0.1) is 5.82 Å². The van der Waals surface area contributed by atoms with E-state index in [0.29, 0.717) is 35.0 Å². The quantitative estimate of drug-likeness (QED) is 0.578. The Labute approximate surface area is 150 Å². The molecule has 0 radical (unpaired) electrons. The number of ether oxygens (including phenoxy) is 2. The zero-order valence-corrected chi connectivity index (χ0v) is 14.5. The van der Waals surface area contributed by atoms with E-state index in [1.165, 1.54) is 6.07 Å². The summed E-state index contributed by atoms with van der Waals surface area (Å²) in [4.78, 5) is 16.3. The van der Waals surface area contributed by atoms with Gasteiger partial charge in [0.05, 0.1) is 17.9 Å². The lowest BCUT2D eigenvalue weighted by molar-refractivity contribution is -0.136. The maximum absolute atomic E-state index is 13.7. The first-order valence-corrected chi connectivity index (χ1v) is 8.19. The van der Waals surface area contributed by atoms with Crippen molar-refractivity contribution in [2.24, 2.45) is 5.16 Å². The van der Waals surface area contributed by atoms with Gasteiger partial charge in [0.25, 0.3) is 0 Å². The van der Waals surface area contributed by atoms with Gasteiger partial charge in [0.2, 0.25) is 0 Å². The van der Waals surface area contributed by atoms with Crippen LogP contribution < -0.4 is 9.47 Å². The predicted molar refractivity (Wildman–Crippen MR) is 95.5 cm³/mol. The first-order valence-electron chi connectivity index (χ1n) is 8.19. The molecule has 0 amide bonds. The molecule has 0 saturated carbocycles. The largest absolute Gasteiger partial charge is 0.490 e. The van der Waals surface area contributed by atoms with Crippen molar-refractivity contribution in [3.05, 3.63) is 65.0 Å². The van der Waals surface area contributed by atoms with E-state index in [1.807, 2.05) is 6.92 Å². The van der Waals surface area contributed by atoms with Crippen molar-refractivity contribution < 1.29 is 23.5 Å². The zero-order valence-electron chi connectivity index (χ0n) is 14.5. The number of hydrogen-bond acceptors (Lipinski definition) is 5. The summed E-state index contributed by atoms with van der Waals surface area (Å²) >= 11 is 0. The van der Waals surface area contributed by atoms with E-state index in [9.17, 15) is 9.18 Å². The fourth-order valence-corrected chi connectivity index (χ4v) is 2.46. The molecule has 0 saturated heterocycles. The second-order valence-electron chi connectivity index (χ2n) is 5.63. The van der Waals surface area contributed by atoms with Crippen LogP contribution in [0.4, 0.5) is 4.39 Å². The standard InChI is InChI=1S/C20H18FNO4/c1-3-24-19-11-14(10-16-13(2)22-26-20(16)23)8-9-18(19)25-12-15-6-4-5-7-17(15)21/h4-11H,3,12H2,1-2H3. The van der Waals surface area contributed by atoms with Crippen LogP contribution in [-0.2, 0) is 16.2 Å². The Bertz CT molecular complexity index is 889. The number of carbonyl (C=O) groups excluding carboxylic acids is 1. The highest BCUT2D eigenvalue weighted by Gasteiger charge is 2.22. The molecular formula is C20H18FNO4. The third kappa shape index (κ3) is 3.91. The molecule has 3 rings (SSSR count). The van der Waals surface area contributed by atoms with E-state index < -0.39 is 5.97 Å². The summed E-state index contributed by atoms with van der Waals surface area (Å²) in [6, 6.07) is 11.7. The lowest BCUT2D eigenvalue weighted by Gasteiger charge is -2.13. The van der Waals surface area contributed by atoms with Gasteiger partial charge in [0.15, 0.2) is 11.5 Å². The minimum Gasteiger partial charge on any atom is -0.490 e. The van der Waals surface area contributed by atoms with Gasteiger partial charge in [0.1, 0.15) is 12.4 Å². The number of rotatable bonds is 6. The summed E-state index contributed by atoms with van der Waals surface area (Å²) < 4.78 is 25.1. The number of halogens is 1. The van der Waals surface area contributed by atoms with Crippen molar-refractivity contribution in [3.63, 3.8) is 0 Å². The highest BCUT2D eigenvalue weighted by atomic mass is 19.1. The van der Waals surface area contributed by atoms with E-state index in [4.69, 9.17) is 9.47 Å². The van der Waals surface area contributed by atoms with Crippen molar-refractivity contribution in [1.82, 2.24) is 0 Å². The molecule has 2 aromatic rings. The minimum atomic E-state index is -0.486. The van der Waals surface area contributed by atoms with E-state index in [0.717, 1.165) is 5.56 Å². The molecule has 1 aliphatic rings.